The van der Waals surface area contributed by atoms with E-state index in [0.717, 1.165) is 0 Å². The second-order valence-corrected chi connectivity index (χ2v) is 5.55. The highest BCUT2D eigenvalue weighted by Gasteiger charge is 2.14. The highest BCUT2D eigenvalue weighted by atomic mass is 16.5. The van der Waals surface area contributed by atoms with Crippen molar-refractivity contribution in [1.82, 2.24) is 0 Å². The predicted octanol–water partition coefficient (Wildman–Crippen LogP) is 3.54. The largest absolute Gasteiger partial charge is 0.493 e. The van der Waals surface area contributed by atoms with Crippen molar-refractivity contribution < 1.29 is 28.5 Å². The number of anilines is 1. The number of benzene rings is 2. The molecular weight excluding hydrogens is 362 g/mol. The first kappa shape index (κ1) is 20.8. The number of ether oxygens (including phenoxy) is 4. The molecule has 0 atom stereocenters. The Hall–Kier alpha value is -3.48. The van der Waals surface area contributed by atoms with Crippen molar-refractivity contribution >= 4 is 23.6 Å². The molecule has 7 nitrogen and oxygen atoms in total. The number of para-hydroxylation sites is 1. The third-order valence-corrected chi connectivity index (χ3v) is 3.79. The van der Waals surface area contributed by atoms with E-state index in [1.165, 1.54) is 27.4 Å². The van der Waals surface area contributed by atoms with Gasteiger partial charge in [0.2, 0.25) is 11.7 Å². The maximum atomic E-state index is 12.3. The van der Waals surface area contributed by atoms with Crippen LogP contribution in [0.5, 0.6) is 17.2 Å². The highest BCUT2D eigenvalue weighted by Crippen LogP contribution is 2.38. The van der Waals surface area contributed by atoms with Crippen molar-refractivity contribution in [3.05, 3.63) is 53.6 Å². The van der Waals surface area contributed by atoms with Crippen LogP contribution in [0.1, 0.15) is 22.8 Å². The lowest BCUT2D eigenvalue weighted by atomic mass is 10.1. The predicted molar refractivity (Wildman–Crippen MR) is 106 cm³/mol. The van der Waals surface area contributed by atoms with Crippen molar-refractivity contribution in [2.75, 3.05) is 33.3 Å². The van der Waals surface area contributed by atoms with Crippen molar-refractivity contribution in [3.63, 3.8) is 0 Å². The fourth-order valence-electron chi connectivity index (χ4n) is 2.52. The quantitative estimate of drug-likeness (QED) is 0.553. The van der Waals surface area contributed by atoms with Gasteiger partial charge in [-0.3, -0.25) is 4.79 Å². The van der Waals surface area contributed by atoms with E-state index in [0.29, 0.717) is 34.1 Å². The van der Waals surface area contributed by atoms with Gasteiger partial charge in [0.1, 0.15) is 0 Å². The molecule has 1 N–H and O–H groups in total. The van der Waals surface area contributed by atoms with Crippen LogP contribution < -0.4 is 19.5 Å². The molecule has 0 heterocycles. The molecule has 0 spiro atoms. The SMILES string of the molecule is CCOC(=O)c1ccccc1NC(=O)/C=C/c1cc(OC)c(OC)c(OC)c1. The van der Waals surface area contributed by atoms with Crippen LogP contribution in [0.3, 0.4) is 0 Å². The van der Waals surface area contributed by atoms with Gasteiger partial charge in [0, 0.05) is 6.08 Å². The zero-order valence-corrected chi connectivity index (χ0v) is 16.3. The van der Waals surface area contributed by atoms with E-state index in [4.69, 9.17) is 18.9 Å². The summed E-state index contributed by atoms with van der Waals surface area (Å²) >= 11 is 0. The lowest BCUT2D eigenvalue weighted by Crippen LogP contribution is -2.13. The van der Waals surface area contributed by atoms with Crippen LogP contribution in [0, 0.1) is 0 Å². The summed E-state index contributed by atoms with van der Waals surface area (Å²) in [6.45, 7) is 1.97. The first-order valence-electron chi connectivity index (χ1n) is 8.59. The van der Waals surface area contributed by atoms with Crippen molar-refractivity contribution in [2.24, 2.45) is 0 Å². The van der Waals surface area contributed by atoms with Crippen molar-refractivity contribution in [2.45, 2.75) is 6.92 Å². The highest BCUT2D eigenvalue weighted by molar-refractivity contribution is 6.06. The fourth-order valence-corrected chi connectivity index (χ4v) is 2.52. The van der Waals surface area contributed by atoms with Gasteiger partial charge in [-0.15, -0.1) is 0 Å². The van der Waals surface area contributed by atoms with Crippen molar-refractivity contribution in [3.8, 4) is 17.2 Å². The minimum atomic E-state index is -0.494. The van der Waals surface area contributed by atoms with Crippen LogP contribution in [-0.4, -0.2) is 39.8 Å². The van der Waals surface area contributed by atoms with E-state index in [1.807, 2.05) is 0 Å². The minimum absolute atomic E-state index is 0.252. The van der Waals surface area contributed by atoms with Crippen LogP contribution in [-0.2, 0) is 9.53 Å². The summed E-state index contributed by atoms with van der Waals surface area (Å²) in [4.78, 5) is 24.3. The molecule has 0 radical (unpaired) electrons. The summed E-state index contributed by atoms with van der Waals surface area (Å²) in [5.41, 5.74) is 1.35. The average molecular weight is 385 g/mol. The lowest BCUT2D eigenvalue weighted by molar-refractivity contribution is -0.111. The van der Waals surface area contributed by atoms with E-state index in [9.17, 15) is 9.59 Å². The Kier molecular flexibility index (Phi) is 7.45. The van der Waals surface area contributed by atoms with Gasteiger partial charge in [-0.2, -0.15) is 0 Å². The van der Waals surface area contributed by atoms with Crippen LogP contribution in [0.15, 0.2) is 42.5 Å². The Morgan fingerprint density at radius 1 is 1.00 bits per heavy atom. The Morgan fingerprint density at radius 2 is 1.64 bits per heavy atom. The van der Waals surface area contributed by atoms with Gasteiger partial charge in [-0.05, 0) is 42.8 Å². The average Bonchev–Trinajstić information content (AvgIpc) is 2.71. The summed E-state index contributed by atoms with van der Waals surface area (Å²) in [7, 11) is 4.55. The van der Waals surface area contributed by atoms with Gasteiger partial charge in [0.25, 0.3) is 0 Å². The maximum Gasteiger partial charge on any atom is 0.340 e. The number of amides is 1. The van der Waals surface area contributed by atoms with Gasteiger partial charge in [-0.1, -0.05) is 12.1 Å². The second-order valence-electron chi connectivity index (χ2n) is 5.55. The van der Waals surface area contributed by atoms with E-state index >= 15 is 0 Å². The topological polar surface area (TPSA) is 83.1 Å². The third kappa shape index (κ3) is 5.03. The van der Waals surface area contributed by atoms with Crippen LogP contribution in [0.25, 0.3) is 6.08 Å². The minimum Gasteiger partial charge on any atom is -0.493 e. The molecule has 0 saturated heterocycles. The maximum absolute atomic E-state index is 12.3. The molecule has 0 saturated carbocycles. The molecule has 0 aliphatic carbocycles. The van der Waals surface area contributed by atoms with E-state index in [2.05, 4.69) is 5.32 Å². The summed E-state index contributed by atoms with van der Waals surface area (Å²) in [6.07, 6.45) is 2.95. The number of esters is 1. The van der Waals surface area contributed by atoms with Gasteiger partial charge >= 0.3 is 5.97 Å². The Bertz CT molecular complexity index is 850. The molecule has 2 aromatic rings. The molecule has 0 aromatic heterocycles. The summed E-state index contributed by atoms with van der Waals surface area (Å²) in [5, 5.41) is 2.69. The molecule has 0 aliphatic rings. The number of hydrogen-bond donors (Lipinski definition) is 1. The number of nitrogens with one attached hydrogen (secondary N) is 1. The molecule has 0 unspecified atom stereocenters. The third-order valence-electron chi connectivity index (χ3n) is 3.79. The van der Waals surface area contributed by atoms with E-state index < -0.39 is 11.9 Å². The summed E-state index contributed by atoms with van der Waals surface area (Å²) in [6, 6.07) is 10.1. The molecule has 0 fully saturated rings. The first-order valence-corrected chi connectivity index (χ1v) is 8.59. The van der Waals surface area contributed by atoms with Crippen LogP contribution in [0.2, 0.25) is 0 Å². The fraction of sp³-hybridized carbons (Fsp3) is 0.238. The lowest BCUT2D eigenvalue weighted by Gasteiger charge is -2.12. The molecule has 0 bridgehead atoms. The van der Waals surface area contributed by atoms with Gasteiger partial charge in [0.15, 0.2) is 11.5 Å². The number of rotatable bonds is 8. The smallest absolute Gasteiger partial charge is 0.340 e. The van der Waals surface area contributed by atoms with E-state index in [1.54, 1.807) is 49.4 Å². The number of hydrogen-bond acceptors (Lipinski definition) is 6. The van der Waals surface area contributed by atoms with Gasteiger partial charge in [-0.25, -0.2) is 4.79 Å². The molecular formula is C21H23NO6. The molecule has 2 rings (SSSR count). The Labute approximate surface area is 163 Å². The van der Waals surface area contributed by atoms with Crippen molar-refractivity contribution in [1.29, 1.82) is 0 Å². The zero-order valence-electron chi connectivity index (χ0n) is 16.3. The summed E-state index contributed by atoms with van der Waals surface area (Å²) in [5.74, 6) is 0.539. The molecule has 0 aliphatic heterocycles. The standard InChI is InChI=1S/C21H23NO6/c1-5-28-21(24)15-8-6-7-9-16(15)22-19(23)11-10-14-12-17(25-2)20(27-4)18(13-14)26-3/h6-13H,5H2,1-4H3,(H,22,23)/b11-10+. The normalized spacial score (nSPS) is 10.4. The molecule has 148 valence electrons. The first-order chi connectivity index (χ1) is 13.5. The Balaban J connectivity index is 2.20. The molecule has 2 aromatic carbocycles. The van der Waals surface area contributed by atoms with Crippen LogP contribution in [0.4, 0.5) is 5.69 Å². The molecule has 28 heavy (non-hydrogen) atoms. The monoisotopic (exact) mass is 385 g/mol. The molecule has 7 heteroatoms. The Morgan fingerprint density at radius 3 is 2.21 bits per heavy atom. The van der Waals surface area contributed by atoms with Crippen LogP contribution >= 0.6 is 0 Å². The van der Waals surface area contributed by atoms with Gasteiger partial charge in [0.05, 0.1) is 39.2 Å². The molecule has 1 amide bonds. The number of carbonyl (C=O) groups excluding carboxylic acids is 2. The van der Waals surface area contributed by atoms with Gasteiger partial charge < -0.3 is 24.3 Å². The zero-order chi connectivity index (χ0) is 20.5. The number of carbonyl (C=O) groups is 2. The number of methoxy groups -OCH3 is 3. The van der Waals surface area contributed by atoms with E-state index in [-0.39, 0.29) is 6.61 Å². The second kappa shape index (κ2) is 10.0. The summed E-state index contributed by atoms with van der Waals surface area (Å²) < 4.78 is 20.9.